The van der Waals surface area contributed by atoms with E-state index in [2.05, 4.69) is 26.6 Å². The van der Waals surface area contributed by atoms with E-state index in [4.69, 9.17) is 0 Å². The van der Waals surface area contributed by atoms with Crippen LogP contribution < -0.4 is 26.6 Å². The second kappa shape index (κ2) is 18.5. The van der Waals surface area contributed by atoms with Crippen LogP contribution in [0.3, 0.4) is 0 Å². The third-order valence-electron chi connectivity index (χ3n) is 10.1. The molecular weight excluding hydrogens is 747 g/mol. The molecule has 7 amide bonds. The van der Waals surface area contributed by atoms with Crippen molar-refractivity contribution in [2.45, 2.75) is 81.2 Å². The van der Waals surface area contributed by atoms with Crippen LogP contribution in [0.1, 0.15) is 49.7 Å². The van der Waals surface area contributed by atoms with E-state index in [1.165, 1.54) is 49.7 Å². The zero-order valence-corrected chi connectivity index (χ0v) is 31.7. The van der Waals surface area contributed by atoms with Gasteiger partial charge in [0.2, 0.25) is 41.4 Å². The number of rotatable bonds is 7. The van der Waals surface area contributed by atoms with Crippen molar-refractivity contribution in [3.63, 3.8) is 0 Å². The van der Waals surface area contributed by atoms with Crippen LogP contribution in [0, 0.1) is 0 Å². The lowest BCUT2D eigenvalue weighted by Crippen LogP contribution is -2.59. The topological polar surface area (TPSA) is 206 Å². The largest absolute Gasteiger partial charge is 0.508 e. The van der Waals surface area contributed by atoms with E-state index in [1.807, 2.05) is 30.3 Å². The first kappa shape index (κ1) is 39.7. The van der Waals surface area contributed by atoms with Crippen molar-refractivity contribution in [3.05, 3.63) is 71.9 Å². The molecule has 4 aliphatic rings. The number of phenols is 1. The highest BCUT2D eigenvalue weighted by Crippen LogP contribution is 2.29. The second-order valence-corrected chi connectivity index (χ2v) is 16.5. The van der Waals surface area contributed by atoms with Gasteiger partial charge in [-0.25, -0.2) is 0 Å². The SMILES string of the molecule is O=C1CC[C@@H](C(=O)N[C@H]2CSSC[C@@H](C(=O)NC=Cc3ccc(O)cc3)NC(=O)[C@H](Cc3ccccc3)NC(=O)[C@@H]3CCCN3C(=O)[C@@H]3CCCN3C2=O)N1. The Bertz CT molecular complexity index is 1800. The number of phenolic OH excluding ortho intramolecular Hbond substituents is 1. The molecule has 0 bridgehead atoms. The lowest BCUT2D eigenvalue weighted by atomic mass is 10.0. The van der Waals surface area contributed by atoms with Crippen LogP contribution in [0.4, 0.5) is 0 Å². The molecule has 4 saturated heterocycles. The average molecular weight is 792 g/mol. The summed E-state index contributed by atoms with van der Waals surface area (Å²) in [5.41, 5.74) is 1.49. The van der Waals surface area contributed by atoms with Crippen LogP contribution in [-0.2, 0) is 40.0 Å². The van der Waals surface area contributed by atoms with Crippen molar-refractivity contribution in [2.24, 2.45) is 0 Å². The summed E-state index contributed by atoms with van der Waals surface area (Å²) in [5.74, 6) is -2.98. The smallest absolute Gasteiger partial charge is 0.247 e. The normalized spacial score (nSPS) is 26.8. The molecule has 2 aromatic rings. The number of fused-ring (bicyclic) bond motifs is 2. The van der Waals surface area contributed by atoms with Gasteiger partial charge in [-0.3, -0.25) is 33.6 Å². The number of aromatic hydroxyl groups is 1. The molecule has 0 radical (unpaired) electrons. The van der Waals surface area contributed by atoms with Crippen LogP contribution in [0.2, 0.25) is 0 Å². The van der Waals surface area contributed by atoms with Gasteiger partial charge >= 0.3 is 0 Å². The third-order valence-corrected chi connectivity index (χ3v) is 12.5. The summed E-state index contributed by atoms with van der Waals surface area (Å²) in [6, 6.07) is 9.78. The quantitative estimate of drug-likeness (QED) is 0.218. The fourth-order valence-electron chi connectivity index (χ4n) is 7.16. The highest BCUT2D eigenvalue weighted by Gasteiger charge is 2.44. The minimum atomic E-state index is -1.09. The molecule has 292 valence electrons. The molecule has 55 heavy (non-hydrogen) atoms. The zero-order chi connectivity index (χ0) is 38.9. The predicted molar refractivity (Wildman–Crippen MR) is 207 cm³/mol. The van der Waals surface area contributed by atoms with Gasteiger partial charge in [0, 0.05) is 43.6 Å². The monoisotopic (exact) mass is 791 g/mol. The highest BCUT2D eigenvalue weighted by molar-refractivity contribution is 8.76. The molecule has 4 heterocycles. The number of hydrogen-bond donors (Lipinski definition) is 6. The Kier molecular flexibility index (Phi) is 13.4. The van der Waals surface area contributed by atoms with Gasteiger partial charge in [-0.05, 0) is 61.4 Å². The zero-order valence-electron chi connectivity index (χ0n) is 30.1. The number of carbonyl (C=O) groups excluding carboxylic acids is 7. The van der Waals surface area contributed by atoms with Crippen molar-refractivity contribution in [1.29, 1.82) is 0 Å². The Hall–Kier alpha value is -5.03. The first-order valence-electron chi connectivity index (χ1n) is 18.4. The minimum Gasteiger partial charge on any atom is -0.508 e. The number of carbonyl (C=O) groups is 7. The third kappa shape index (κ3) is 10.2. The first-order valence-corrected chi connectivity index (χ1v) is 20.9. The van der Waals surface area contributed by atoms with Gasteiger partial charge in [-0.1, -0.05) is 64.1 Å². The van der Waals surface area contributed by atoms with E-state index in [-0.39, 0.29) is 41.9 Å². The highest BCUT2D eigenvalue weighted by atomic mass is 33.1. The van der Waals surface area contributed by atoms with Crippen LogP contribution in [-0.4, -0.2) is 117 Å². The molecule has 6 N–H and O–H groups in total. The number of hydrogen-bond acceptors (Lipinski definition) is 10. The van der Waals surface area contributed by atoms with Crippen LogP contribution in [0.15, 0.2) is 60.8 Å². The van der Waals surface area contributed by atoms with Crippen LogP contribution in [0.25, 0.3) is 6.08 Å². The van der Waals surface area contributed by atoms with Crippen LogP contribution in [0.5, 0.6) is 5.75 Å². The van der Waals surface area contributed by atoms with Gasteiger partial charge in [0.05, 0.1) is 0 Å². The molecule has 0 aromatic heterocycles. The molecule has 4 aliphatic heterocycles. The standard InChI is InChI=1S/C38H45N7O8S2/c46-25-12-10-23(11-13-25)16-17-39-33(48)28-21-54-55-22-29(43-34(49)26-14-15-32(47)40-26)37(52)45-19-5-9-31(45)38(53)44-18-4-8-30(44)36(51)41-27(35(50)42-28)20-24-6-2-1-3-7-24/h1-3,6-7,10-13,16-17,26-31,46H,4-5,8-9,14-15,18-22H2,(H,39,48)(H,40,47)(H,41,51)(H,42,50)(H,43,49)/t26-,27-,28-,29-,30-,31-/m0/s1. The van der Waals surface area contributed by atoms with Gasteiger partial charge < -0.3 is 41.5 Å². The fraction of sp³-hybridized carbons (Fsp3) is 0.447. The lowest BCUT2D eigenvalue weighted by Gasteiger charge is -2.33. The molecular formula is C38H45N7O8S2. The average Bonchev–Trinajstić information content (AvgIpc) is 3.97. The Morgan fingerprint density at radius 2 is 1.45 bits per heavy atom. The van der Waals surface area contributed by atoms with Crippen molar-refractivity contribution >= 4 is 69.0 Å². The van der Waals surface area contributed by atoms with E-state index < -0.39 is 65.8 Å². The van der Waals surface area contributed by atoms with E-state index in [0.717, 1.165) is 5.56 Å². The van der Waals surface area contributed by atoms with Crippen molar-refractivity contribution in [2.75, 3.05) is 24.6 Å². The molecule has 6 rings (SSSR count). The number of benzene rings is 2. The molecule has 0 saturated carbocycles. The maximum Gasteiger partial charge on any atom is 0.247 e. The summed E-state index contributed by atoms with van der Waals surface area (Å²) in [6.45, 7) is 0.598. The summed E-state index contributed by atoms with van der Waals surface area (Å²) in [6.07, 6.45) is 5.55. The number of nitrogens with one attached hydrogen (secondary N) is 5. The van der Waals surface area contributed by atoms with E-state index in [1.54, 1.807) is 18.2 Å². The van der Waals surface area contributed by atoms with Crippen molar-refractivity contribution in [1.82, 2.24) is 36.4 Å². The van der Waals surface area contributed by atoms with Gasteiger partial charge in [-0.2, -0.15) is 0 Å². The summed E-state index contributed by atoms with van der Waals surface area (Å²) < 4.78 is 0. The fourth-order valence-corrected chi connectivity index (χ4v) is 9.48. The van der Waals surface area contributed by atoms with Crippen molar-refractivity contribution in [3.8, 4) is 5.75 Å². The molecule has 4 fully saturated rings. The maximum atomic E-state index is 14.2. The summed E-state index contributed by atoms with van der Waals surface area (Å²) >= 11 is 0. The predicted octanol–water partition coefficient (Wildman–Crippen LogP) is 0.832. The Balaban J connectivity index is 1.27. The molecule has 0 unspecified atom stereocenters. The van der Waals surface area contributed by atoms with Gasteiger partial charge in [0.15, 0.2) is 0 Å². The number of nitrogens with zero attached hydrogens (tertiary/aromatic N) is 2. The summed E-state index contributed by atoms with van der Waals surface area (Å²) in [7, 11) is 2.43. The summed E-state index contributed by atoms with van der Waals surface area (Å²) in [4.78, 5) is 98.1. The van der Waals surface area contributed by atoms with E-state index >= 15 is 0 Å². The lowest BCUT2D eigenvalue weighted by molar-refractivity contribution is -0.148. The van der Waals surface area contributed by atoms with E-state index in [9.17, 15) is 38.7 Å². The number of amides is 7. The molecule has 0 aliphatic carbocycles. The van der Waals surface area contributed by atoms with Crippen molar-refractivity contribution < 1.29 is 38.7 Å². The minimum absolute atomic E-state index is 0.0516. The molecule has 6 atom stereocenters. The Labute approximate surface area is 326 Å². The Morgan fingerprint density at radius 3 is 2.16 bits per heavy atom. The summed E-state index contributed by atoms with van der Waals surface area (Å²) in [5, 5.41) is 23.4. The first-order chi connectivity index (χ1) is 26.6. The second-order valence-electron chi connectivity index (χ2n) is 13.9. The molecule has 17 heteroatoms. The van der Waals surface area contributed by atoms with E-state index in [0.29, 0.717) is 50.8 Å². The molecule has 2 aromatic carbocycles. The van der Waals surface area contributed by atoms with Gasteiger partial charge in [-0.15, -0.1) is 0 Å². The van der Waals surface area contributed by atoms with Crippen LogP contribution >= 0.6 is 21.6 Å². The van der Waals surface area contributed by atoms with Gasteiger partial charge in [0.25, 0.3) is 0 Å². The maximum absolute atomic E-state index is 14.2. The Morgan fingerprint density at radius 1 is 0.764 bits per heavy atom. The van der Waals surface area contributed by atoms with Gasteiger partial charge in [0.1, 0.15) is 42.0 Å². The molecule has 15 nitrogen and oxygen atoms in total. The molecule has 0 spiro atoms.